The van der Waals surface area contributed by atoms with E-state index in [4.69, 9.17) is 5.73 Å². The predicted molar refractivity (Wildman–Crippen MR) is 60.2 cm³/mol. The Balaban J connectivity index is 2.38. The first-order valence-electron chi connectivity index (χ1n) is 4.56. The summed E-state index contributed by atoms with van der Waals surface area (Å²) in [6.07, 6.45) is 2.84. The van der Waals surface area contributed by atoms with Crippen LogP contribution in [-0.4, -0.2) is 18.4 Å². The molecule has 0 unspecified atom stereocenters. The first-order chi connectivity index (χ1) is 7.97. The molecule has 2 rings (SSSR count). The Morgan fingerprint density at radius 1 is 1.35 bits per heavy atom. The molecule has 1 heterocycles. The lowest BCUT2D eigenvalue weighted by Crippen LogP contribution is -2.14. The number of nitrogens with two attached hydrogens (primary N) is 1. The van der Waals surface area contributed by atoms with Crippen LogP contribution in [0.2, 0.25) is 0 Å². The number of halogens is 1. The molecule has 8 heteroatoms. The molecule has 0 fully saturated rings. The number of rotatable bonds is 3. The highest BCUT2D eigenvalue weighted by Crippen LogP contribution is 2.17. The minimum Gasteiger partial charge on any atom is -0.399 e. The molecular weight excluding hydrogens is 247 g/mol. The number of H-pyrrole nitrogens is 1. The molecule has 0 atom stereocenters. The Morgan fingerprint density at radius 2 is 2.12 bits per heavy atom. The van der Waals surface area contributed by atoms with Crippen molar-refractivity contribution in [3.8, 4) is 0 Å². The van der Waals surface area contributed by atoms with Gasteiger partial charge in [-0.1, -0.05) is 0 Å². The smallest absolute Gasteiger partial charge is 0.264 e. The van der Waals surface area contributed by atoms with Gasteiger partial charge in [0.2, 0.25) is 5.95 Å². The molecule has 0 aliphatic rings. The van der Waals surface area contributed by atoms with E-state index in [1.807, 2.05) is 0 Å². The first kappa shape index (κ1) is 11.4. The summed E-state index contributed by atoms with van der Waals surface area (Å²) in [4.78, 5) is 6.01. The van der Waals surface area contributed by atoms with Crippen LogP contribution >= 0.6 is 0 Å². The van der Waals surface area contributed by atoms with Gasteiger partial charge in [0.25, 0.3) is 10.0 Å². The average Bonchev–Trinajstić information content (AvgIpc) is 2.68. The van der Waals surface area contributed by atoms with Crippen molar-refractivity contribution in [1.29, 1.82) is 0 Å². The van der Waals surface area contributed by atoms with Gasteiger partial charge in [-0.3, -0.25) is 0 Å². The van der Waals surface area contributed by atoms with Gasteiger partial charge in [-0.25, -0.2) is 22.5 Å². The summed E-state index contributed by atoms with van der Waals surface area (Å²) < 4.78 is 38.8. The summed E-state index contributed by atoms with van der Waals surface area (Å²) >= 11 is 0. The Hall–Kier alpha value is -2.09. The third-order valence-corrected chi connectivity index (χ3v) is 3.25. The fourth-order valence-corrected chi connectivity index (χ4v) is 2.29. The molecule has 90 valence electrons. The van der Waals surface area contributed by atoms with Crippen molar-refractivity contribution in [2.75, 3.05) is 10.5 Å². The van der Waals surface area contributed by atoms with Crippen molar-refractivity contribution in [3.05, 3.63) is 36.4 Å². The highest BCUT2D eigenvalue weighted by atomic mass is 32.2. The molecule has 0 saturated heterocycles. The summed E-state index contributed by atoms with van der Waals surface area (Å²) in [5.74, 6) is -0.669. The number of aromatic amines is 1. The van der Waals surface area contributed by atoms with Gasteiger partial charge in [-0.15, -0.1) is 0 Å². The van der Waals surface area contributed by atoms with Crippen LogP contribution in [0.15, 0.2) is 35.5 Å². The van der Waals surface area contributed by atoms with E-state index in [0.717, 1.165) is 18.2 Å². The quantitative estimate of drug-likeness (QED) is 0.711. The summed E-state index contributed by atoms with van der Waals surface area (Å²) in [6.45, 7) is 0. The Bertz CT molecular complexity index is 604. The van der Waals surface area contributed by atoms with E-state index in [9.17, 15) is 12.8 Å². The molecule has 2 aromatic rings. The van der Waals surface area contributed by atoms with E-state index in [1.165, 1.54) is 12.4 Å². The van der Waals surface area contributed by atoms with Crippen LogP contribution in [-0.2, 0) is 10.0 Å². The van der Waals surface area contributed by atoms with E-state index in [-0.39, 0.29) is 16.5 Å². The average molecular weight is 256 g/mol. The molecule has 6 nitrogen and oxygen atoms in total. The lowest BCUT2D eigenvalue weighted by Gasteiger charge is -2.06. The number of nitrogen functional groups attached to an aromatic ring is 1. The molecule has 1 aromatic heterocycles. The largest absolute Gasteiger partial charge is 0.399 e. The summed E-state index contributed by atoms with van der Waals surface area (Å²) in [5, 5.41) is 0. The Morgan fingerprint density at radius 3 is 2.71 bits per heavy atom. The molecule has 0 bridgehead atoms. The SMILES string of the molecule is Nc1cc(F)cc(S(=O)(=O)Nc2ncc[nH]2)c1. The molecular formula is C9H9FN4O2S. The predicted octanol–water partition coefficient (Wildman–Crippen LogP) is 0.932. The second-order valence-corrected chi connectivity index (χ2v) is 4.95. The van der Waals surface area contributed by atoms with Crippen LogP contribution in [0.1, 0.15) is 0 Å². The zero-order valence-corrected chi connectivity index (χ0v) is 9.33. The van der Waals surface area contributed by atoms with E-state index >= 15 is 0 Å². The number of anilines is 2. The van der Waals surface area contributed by atoms with Crippen LogP contribution < -0.4 is 10.5 Å². The topological polar surface area (TPSA) is 101 Å². The summed E-state index contributed by atoms with van der Waals surface area (Å²) in [5.41, 5.74) is 5.41. The highest BCUT2D eigenvalue weighted by molar-refractivity contribution is 7.92. The number of sulfonamides is 1. The Labute approximate surface area is 96.7 Å². The van der Waals surface area contributed by atoms with Gasteiger partial charge in [0, 0.05) is 18.1 Å². The van der Waals surface area contributed by atoms with Crippen molar-refractivity contribution in [1.82, 2.24) is 9.97 Å². The van der Waals surface area contributed by atoms with Crippen LogP contribution in [0.5, 0.6) is 0 Å². The molecule has 0 spiro atoms. The zero-order valence-electron chi connectivity index (χ0n) is 8.51. The van der Waals surface area contributed by atoms with Crippen LogP contribution in [0.25, 0.3) is 0 Å². The molecule has 0 aliphatic carbocycles. The first-order valence-corrected chi connectivity index (χ1v) is 6.04. The van der Waals surface area contributed by atoms with Crippen LogP contribution in [0.4, 0.5) is 16.0 Å². The van der Waals surface area contributed by atoms with Gasteiger partial charge >= 0.3 is 0 Å². The van der Waals surface area contributed by atoms with Gasteiger partial charge in [-0.05, 0) is 18.2 Å². The minimum absolute atomic E-state index is 0.0322. The fourth-order valence-electron chi connectivity index (χ4n) is 1.25. The molecule has 4 N–H and O–H groups in total. The lowest BCUT2D eigenvalue weighted by atomic mass is 10.3. The fraction of sp³-hybridized carbons (Fsp3) is 0. The van der Waals surface area contributed by atoms with Gasteiger partial charge < -0.3 is 10.7 Å². The van der Waals surface area contributed by atoms with Gasteiger partial charge in [0.15, 0.2) is 0 Å². The van der Waals surface area contributed by atoms with E-state index in [1.54, 1.807) is 0 Å². The highest BCUT2D eigenvalue weighted by Gasteiger charge is 2.16. The van der Waals surface area contributed by atoms with Crippen molar-refractivity contribution in [3.63, 3.8) is 0 Å². The van der Waals surface area contributed by atoms with Crippen molar-refractivity contribution in [2.45, 2.75) is 4.90 Å². The van der Waals surface area contributed by atoms with Gasteiger partial charge in [0.05, 0.1) is 4.90 Å². The number of nitrogens with one attached hydrogen (secondary N) is 2. The number of imidazole rings is 1. The number of nitrogens with zero attached hydrogens (tertiary/aromatic N) is 1. The molecule has 0 saturated carbocycles. The van der Waals surface area contributed by atoms with E-state index in [0.29, 0.717) is 0 Å². The zero-order chi connectivity index (χ0) is 12.5. The minimum atomic E-state index is -3.89. The van der Waals surface area contributed by atoms with Crippen molar-refractivity contribution in [2.24, 2.45) is 0 Å². The van der Waals surface area contributed by atoms with Gasteiger partial charge in [-0.2, -0.15) is 0 Å². The Kier molecular flexibility index (Phi) is 2.72. The van der Waals surface area contributed by atoms with E-state index < -0.39 is 15.8 Å². The standard InChI is InChI=1S/C9H9FN4O2S/c10-6-3-7(11)5-8(4-6)17(15,16)14-9-12-1-2-13-9/h1-5H,11H2,(H2,12,13,14). The molecule has 0 amide bonds. The van der Waals surface area contributed by atoms with Crippen molar-refractivity contribution >= 4 is 21.7 Å². The molecule has 0 radical (unpaired) electrons. The second-order valence-electron chi connectivity index (χ2n) is 3.26. The monoisotopic (exact) mass is 256 g/mol. The number of hydrogen-bond donors (Lipinski definition) is 3. The third-order valence-electron chi connectivity index (χ3n) is 1.93. The third kappa shape index (κ3) is 2.53. The molecule has 1 aromatic carbocycles. The van der Waals surface area contributed by atoms with E-state index in [2.05, 4.69) is 14.7 Å². The maximum Gasteiger partial charge on any atom is 0.264 e. The summed E-state index contributed by atoms with van der Waals surface area (Å²) in [6, 6.07) is 3.07. The maximum absolute atomic E-state index is 13.0. The molecule has 0 aliphatic heterocycles. The van der Waals surface area contributed by atoms with Crippen LogP contribution in [0, 0.1) is 5.82 Å². The van der Waals surface area contributed by atoms with Crippen molar-refractivity contribution < 1.29 is 12.8 Å². The lowest BCUT2D eigenvalue weighted by molar-refractivity contribution is 0.595. The van der Waals surface area contributed by atoms with Crippen LogP contribution in [0.3, 0.4) is 0 Å². The van der Waals surface area contributed by atoms with Gasteiger partial charge in [0.1, 0.15) is 5.82 Å². The summed E-state index contributed by atoms with van der Waals surface area (Å²) in [7, 11) is -3.89. The number of benzene rings is 1. The number of hydrogen-bond acceptors (Lipinski definition) is 4. The maximum atomic E-state index is 13.0. The molecule has 17 heavy (non-hydrogen) atoms. The number of aromatic nitrogens is 2. The normalized spacial score (nSPS) is 11.4. The second kappa shape index (κ2) is 4.06.